The highest BCUT2D eigenvalue weighted by atomic mass is 35.5. The smallest absolute Gasteiger partial charge is 0.242 e. The summed E-state index contributed by atoms with van der Waals surface area (Å²) in [5, 5.41) is 3.47. The molecule has 0 saturated carbocycles. The second-order valence-corrected chi connectivity index (χ2v) is 9.32. The molecule has 1 aliphatic heterocycles. The highest BCUT2D eigenvalue weighted by Gasteiger charge is 2.47. The minimum absolute atomic E-state index is 0.0140. The Morgan fingerprint density at radius 1 is 1.15 bits per heavy atom. The van der Waals surface area contributed by atoms with E-state index in [9.17, 15) is 19.2 Å². The zero-order valence-corrected chi connectivity index (χ0v) is 20.2. The lowest BCUT2D eigenvalue weighted by atomic mass is 9.85. The van der Waals surface area contributed by atoms with Crippen molar-refractivity contribution in [1.29, 1.82) is 0 Å². The third-order valence-corrected chi connectivity index (χ3v) is 6.79. The summed E-state index contributed by atoms with van der Waals surface area (Å²) < 4.78 is 0. The van der Waals surface area contributed by atoms with Gasteiger partial charge in [0.1, 0.15) is 6.04 Å². The molecule has 33 heavy (non-hydrogen) atoms. The lowest BCUT2D eigenvalue weighted by Gasteiger charge is -2.30. The number of benzene rings is 1. The van der Waals surface area contributed by atoms with Crippen LogP contribution in [0.4, 0.5) is 0 Å². The number of carbonyl (C=O) groups excluding carboxylic acids is 4. The molecule has 3 rings (SSSR count). The van der Waals surface area contributed by atoms with Crippen LogP contribution in [0.1, 0.15) is 52.0 Å². The average Bonchev–Trinajstić information content (AvgIpc) is 3.05. The van der Waals surface area contributed by atoms with Crippen molar-refractivity contribution in [3.05, 3.63) is 47.0 Å². The first-order valence-corrected chi connectivity index (χ1v) is 11.9. The molecule has 0 radical (unpaired) electrons. The highest BCUT2D eigenvalue weighted by Crippen LogP contribution is 2.35. The number of halogens is 1. The summed E-state index contributed by atoms with van der Waals surface area (Å²) in [6.07, 6.45) is 5.74. The molecule has 8 heteroatoms. The number of rotatable bonds is 9. The van der Waals surface area contributed by atoms with E-state index >= 15 is 0 Å². The molecule has 1 aliphatic carbocycles. The van der Waals surface area contributed by atoms with Crippen molar-refractivity contribution in [2.24, 2.45) is 11.8 Å². The van der Waals surface area contributed by atoms with E-state index in [1.165, 1.54) is 9.80 Å². The van der Waals surface area contributed by atoms with Crippen molar-refractivity contribution in [3.63, 3.8) is 0 Å². The second kappa shape index (κ2) is 11.0. The van der Waals surface area contributed by atoms with E-state index in [1.807, 2.05) is 32.1 Å². The number of imide groups is 1. The van der Waals surface area contributed by atoms with Gasteiger partial charge in [0.2, 0.25) is 23.6 Å². The lowest BCUT2D eigenvalue weighted by Crippen LogP contribution is -2.50. The van der Waals surface area contributed by atoms with Gasteiger partial charge in [-0.15, -0.1) is 0 Å². The Bertz CT molecular complexity index is 921. The summed E-state index contributed by atoms with van der Waals surface area (Å²) >= 11 is 6.11. The predicted octanol–water partition coefficient (Wildman–Crippen LogP) is 3.31. The molecule has 178 valence electrons. The Morgan fingerprint density at radius 3 is 2.36 bits per heavy atom. The van der Waals surface area contributed by atoms with Crippen LogP contribution in [0.15, 0.2) is 36.4 Å². The van der Waals surface area contributed by atoms with Gasteiger partial charge in [0.05, 0.1) is 11.8 Å². The highest BCUT2D eigenvalue weighted by molar-refractivity contribution is 6.30. The van der Waals surface area contributed by atoms with Crippen molar-refractivity contribution >= 4 is 35.2 Å². The summed E-state index contributed by atoms with van der Waals surface area (Å²) in [7, 11) is 0. The minimum Gasteiger partial charge on any atom is -0.352 e. The largest absolute Gasteiger partial charge is 0.352 e. The molecule has 1 aromatic carbocycles. The quantitative estimate of drug-likeness (QED) is 0.440. The zero-order chi connectivity index (χ0) is 24.1. The van der Waals surface area contributed by atoms with E-state index in [-0.39, 0.29) is 61.0 Å². The zero-order valence-electron chi connectivity index (χ0n) is 19.4. The van der Waals surface area contributed by atoms with E-state index in [1.54, 1.807) is 25.1 Å². The van der Waals surface area contributed by atoms with Crippen LogP contribution in [0.2, 0.25) is 5.02 Å². The average molecular weight is 474 g/mol. The molecule has 4 amide bonds. The van der Waals surface area contributed by atoms with Gasteiger partial charge in [0, 0.05) is 30.6 Å². The van der Waals surface area contributed by atoms with Crippen LogP contribution in [-0.2, 0) is 25.7 Å². The van der Waals surface area contributed by atoms with Gasteiger partial charge in [-0.3, -0.25) is 24.1 Å². The summed E-state index contributed by atoms with van der Waals surface area (Å²) in [6, 6.07) is 6.40. The molecule has 7 nitrogen and oxygen atoms in total. The number of fused-ring (bicyclic) bond motifs is 1. The van der Waals surface area contributed by atoms with E-state index in [0.29, 0.717) is 17.9 Å². The molecule has 4 atom stereocenters. The maximum Gasteiger partial charge on any atom is 0.242 e. The molecule has 0 spiro atoms. The molecule has 1 aromatic rings. The fourth-order valence-electron chi connectivity index (χ4n) is 4.32. The van der Waals surface area contributed by atoms with Crippen molar-refractivity contribution < 1.29 is 19.2 Å². The molecule has 1 heterocycles. The molecular weight excluding hydrogens is 442 g/mol. The van der Waals surface area contributed by atoms with Crippen LogP contribution in [0, 0.1) is 11.8 Å². The fraction of sp³-hybridized carbons (Fsp3) is 0.520. The van der Waals surface area contributed by atoms with Gasteiger partial charge in [-0.2, -0.15) is 0 Å². The normalized spacial score (nSPS) is 21.5. The minimum atomic E-state index is -0.720. The maximum atomic E-state index is 13.3. The predicted molar refractivity (Wildman–Crippen MR) is 126 cm³/mol. The fourth-order valence-corrected chi connectivity index (χ4v) is 4.53. The number of amides is 4. The van der Waals surface area contributed by atoms with Crippen LogP contribution in [0.3, 0.4) is 0 Å². The number of hydrogen-bond donors (Lipinski definition) is 1. The first-order chi connectivity index (χ1) is 15.7. The van der Waals surface area contributed by atoms with Gasteiger partial charge >= 0.3 is 0 Å². The number of hydrogen-bond acceptors (Lipinski definition) is 4. The van der Waals surface area contributed by atoms with E-state index in [0.717, 1.165) is 12.0 Å². The topological polar surface area (TPSA) is 86.8 Å². The standard InChI is InChI=1S/C25H32ClN3O4/c1-4-16(2)27-23(31)17(3)29(15-18-8-7-9-19(26)14-18)22(30)12-13-28-24(32)20-10-5-6-11-21(20)25(28)33/h5-9,14,16-17,20-21H,4,10-13,15H2,1-3H3,(H,27,31)/t16-,17+,20-,21+/m0/s1. The first-order valence-electron chi connectivity index (χ1n) is 11.6. The van der Waals surface area contributed by atoms with Crippen molar-refractivity contribution in [2.45, 2.75) is 65.1 Å². The van der Waals surface area contributed by atoms with Crippen molar-refractivity contribution in [2.75, 3.05) is 6.54 Å². The lowest BCUT2D eigenvalue weighted by molar-refractivity contribution is -0.143. The SMILES string of the molecule is CC[C@H](C)NC(=O)[C@@H](C)N(Cc1cccc(Cl)c1)C(=O)CCN1C(=O)[C@H]2CC=CC[C@H]2C1=O. The molecule has 1 fully saturated rings. The van der Waals surface area contributed by atoms with Crippen LogP contribution < -0.4 is 5.32 Å². The van der Waals surface area contributed by atoms with Gasteiger partial charge in [-0.1, -0.05) is 42.8 Å². The van der Waals surface area contributed by atoms with Crippen LogP contribution in [0.25, 0.3) is 0 Å². The Labute approximate surface area is 200 Å². The van der Waals surface area contributed by atoms with Gasteiger partial charge in [-0.25, -0.2) is 0 Å². The van der Waals surface area contributed by atoms with Crippen molar-refractivity contribution in [1.82, 2.24) is 15.1 Å². The van der Waals surface area contributed by atoms with E-state index in [4.69, 9.17) is 11.6 Å². The number of nitrogens with zero attached hydrogens (tertiary/aromatic N) is 2. The van der Waals surface area contributed by atoms with E-state index < -0.39 is 6.04 Å². The monoisotopic (exact) mass is 473 g/mol. The van der Waals surface area contributed by atoms with Crippen LogP contribution in [-0.4, -0.2) is 52.1 Å². The van der Waals surface area contributed by atoms with Gasteiger partial charge in [0.25, 0.3) is 0 Å². The van der Waals surface area contributed by atoms with Crippen LogP contribution in [0.5, 0.6) is 0 Å². The third kappa shape index (κ3) is 5.82. The molecule has 2 aliphatic rings. The van der Waals surface area contributed by atoms with Gasteiger partial charge in [-0.05, 0) is 50.8 Å². The number of carbonyl (C=O) groups is 4. The summed E-state index contributed by atoms with van der Waals surface area (Å²) in [5.74, 6) is -1.58. The molecule has 0 aromatic heterocycles. The Balaban J connectivity index is 1.72. The Kier molecular flexibility index (Phi) is 8.30. The number of nitrogens with one attached hydrogen (secondary N) is 1. The Hall–Kier alpha value is -2.67. The molecule has 0 unspecified atom stereocenters. The molecular formula is C25H32ClN3O4. The summed E-state index contributed by atoms with van der Waals surface area (Å²) in [5.41, 5.74) is 0.796. The molecule has 0 bridgehead atoms. The number of likely N-dealkylation sites (tertiary alicyclic amines) is 1. The third-order valence-electron chi connectivity index (χ3n) is 6.56. The molecule has 1 saturated heterocycles. The van der Waals surface area contributed by atoms with Crippen LogP contribution >= 0.6 is 11.6 Å². The second-order valence-electron chi connectivity index (χ2n) is 8.88. The molecule has 1 N–H and O–H groups in total. The van der Waals surface area contributed by atoms with Gasteiger partial charge in [0.15, 0.2) is 0 Å². The van der Waals surface area contributed by atoms with Crippen molar-refractivity contribution in [3.8, 4) is 0 Å². The number of allylic oxidation sites excluding steroid dienone is 2. The summed E-state index contributed by atoms with van der Waals surface area (Å²) in [4.78, 5) is 54.2. The van der Waals surface area contributed by atoms with E-state index in [2.05, 4.69) is 5.32 Å². The van der Waals surface area contributed by atoms with Gasteiger partial charge < -0.3 is 10.2 Å². The first kappa shape index (κ1) is 25.0. The summed E-state index contributed by atoms with van der Waals surface area (Å²) in [6.45, 7) is 5.79. The maximum absolute atomic E-state index is 13.3. The Morgan fingerprint density at radius 2 is 1.79 bits per heavy atom.